The first-order valence-corrected chi connectivity index (χ1v) is 4.32. The van der Waals surface area contributed by atoms with E-state index in [0.717, 1.165) is 0 Å². The van der Waals surface area contributed by atoms with Crippen molar-refractivity contribution in [1.29, 1.82) is 0 Å². The lowest BCUT2D eigenvalue weighted by Crippen LogP contribution is -2.37. The Hall–Kier alpha value is -0.900. The Morgan fingerprint density at radius 1 is 1.23 bits per heavy atom. The number of ether oxygens (including phenoxy) is 1. The van der Waals surface area contributed by atoms with E-state index in [-0.39, 0.29) is 11.7 Å². The summed E-state index contributed by atoms with van der Waals surface area (Å²) in [5.41, 5.74) is 5.30. The standard InChI is InChI=1S/C9H17NO3/c1-5(2)8(7(4)11)13-9(12)6(3)10/h5-6,8H,10H2,1-4H3/t6-,8+/m1/s1. The lowest BCUT2D eigenvalue weighted by atomic mass is 10.0. The van der Waals surface area contributed by atoms with Crippen LogP contribution in [0.1, 0.15) is 27.7 Å². The van der Waals surface area contributed by atoms with Gasteiger partial charge in [-0.25, -0.2) is 0 Å². The Bertz CT molecular complexity index is 199. The molecule has 0 saturated heterocycles. The smallest absolute Gasteiger partial charge is 0.323 e. The highest BCUT2D eigenvalue weighted by atomic mass is 16.5. The molecular formula is C9H17NO3. The molecular weight excluding hydrogens is 170 g/mol. The Morgan fingerprint density at radius 2 is 1.69 bits per heavy atom. The molecule has 0 rings (SSSR count). The quantitative estimate of drug-likeness (QED) is 0.650. The fraction of sp³-hybridized carbons (Fsp3) is 0.778. The predicted octanol–water partition coefficient (Wildman–Crippen LogP) is 0.490. The highest BCUT2D eigenvalue weighted by Crippen LogP contribution is 2.08. The summed E-state index contributed by atoms with van der Waals surface area (Å²) in [6.07, 6.45) is -0.668. The van der Waals surface area contributed by atoms with Crippen molar-refractivity contribution in [1.82, 2.24) is 0 Å². The molecule has 0 fully saturated rings. The zero-order valence-electron chi connectivity index (χ0n) is 8.53. The summed E-state index contributed by atoms with van der Waals surface area (Å²) in [4.78, 5) is 22.1. The van der Waals surface area contributed by atoms with Gasteiger partial charge in [-0.15, -0.1) is 0 Å². The predicted molar refractivity (Wildman–Crippen MR) is 49.0 cm³/mol. The van der Waals surface area contributed by atoms with Crippen LogP contribution < -0.4 is 5.73 Å². The van der Waals surface area contributed by atoms with Gasteiger partial charge in [0, 0.05) is 0 Å². The van der Waals surface area contributed by atoms with E-state index in [4.69, 9.17) is 10.5 Å². The molecule has 13 heavy (non-hydrogen) atoms. The SMILES string of the molecule is CC(=O)[C@@H](OC(=O)[C@@H](C)N)C(C)C. The van der Waals surface area contributed by atoms with Crippen LogP contribution in [0.25, 0.3) is 0 Å². The first-order valence-electron chi connectivity index (χ1n) is 4.32. The first-order chi connectivity index (χ1) is 5.86. The van der Waals surface area contributed by atoms with Crippen molar-refractivity contribution >= 4 is 11.8 Å². The normalized spacial score (nSPS) is 15.2. The summed E-state index contributed by atoms with van der Waals surface area (Å²) in [5.74, 6) is -0.696. The van der Waals surface area contributed by atoms with E-state index in [9.17, 15) is 9.59 Å². The van der Waals surface area contributed by atoms with Crippen molar-refractivity contribution < 1.29 is 14.3 Å². The maximum atomic E-state index is 11.1. The van der Waals surface area contributed by atoms with Gasteiger partial charge in [-0.1, -0.05) is 13.8 Å². The van der Waals surface area contributed by atoms with Gasteiger partial charge in [-0.2, -0.15) is 0 Å². The molecule has 0 aliphatic heterocycles. The maximum absolute atomic E-state index is 11.1. The number of Topliss-reactive ketones (excluding diaryl/α,β-unsaturated/α-hetero) is 1. The van der Waals surface area contributed by atoms with E-state index >= 15 is 0 Å². The molecule has 4 nitrogen and oxygen atoms in total. The number of nitrogens with two attached hydrogens (primary N) is 1. The molecule has 0 bridgehead atoms. The number of carbonyl (C=O) groups excluding carboxylic acids is 2. The van der Waals surface area contributed by atoms with E-state index in [2.05, 4.69) is 0 Å². The Kier molecular flexibility index (Phi) is 4.62. The number of hydrogen-bond donors (Lipinski definition) is 1. The third-order valence-electron chi connectivity index (χ3n) is 1.62. The van der Waals surface area contributed by atoms with Gasteiger partial charge in [0.2, 0.25) is 0 Å². The summed E-state index contributed by atoms with van der Waals surface area (Å²) in [5, 5.41) is 0. The molecule has 0 aliphatic carbocycles. The van der Waals surface area contributed by atoms with E-state index < -0.39 is 18.1 Å². The van der Waals surface area contributed by atoms with Crippen molar-refractivity contribution in [2.24, 2.45) is 11.7 Å². The van der Waals surface area contributed by atoms with Gasteiger partial charge in [0.1, 0.15) is 6.04 Å². The minimum absolute atomic E-state index is 0.0137. The van der Waals surface area contributed by atoms with Crippen LogP contribution in [0, 0.1) is 5.92 Å². The number of carbonyl (C=O) groups is 2. The summed E-state index contributed by atoms with van der Waals surface area (Å²) >= 11 is 0. The molecule has 4 heteroatoms. The van der Waals surface area contributed by atoms with E-state index in [0.29, 0.717) is 0 Å². The molecule has 76 valence electrons. The monoisotopic (exact) mass is 187 g/mol. The van der Waals surface area contributed by atoms with Crippen LogP contribution in [-0.2, 0) is 14.3 Å². The summed E-state index contributed by atoms with van der Waals surface area (Å²) in [7, 11) is 0. The molecule has 0 radical (unpaired) electrons. The molecule has 0 heterocycles. The van der Waals surface area contributed by atoms with Crippen molar-refractivity contribution in [3.63, 3.8) is 0 Å². The molecule has 2 N–H and O–H groups in total. The molecule has 0 amide bonds. The Labute approximate surface area is 78.4 Å². The van der Waals surface area contributed by atoms with Crippen LogP contribution in [0.3, 0.4) is 0 Å². The van der Waals surface area contributed by atoms with Crippen molar-refractivity contribution in [3.8, 4) is 0 Å². The molecule has 0 aromatic rings. The van der Waals surface area contributed by atoms with Crippen LogP contribution >= 0.6 is 0 Å². The fourth-order valence-corrected chi connectivity index (χ4v) is 0.921. The van der Waals surface area contributed by atoms with Crippen molar-refractivity contribution in [2.45, 2.75) is 39.8 Å². The van der Waals surface area contributed by atoms with E-state index in [1.807, 2.05) is 13.8 Å². The lowest BCUT2D eigenvalue weighted by molar-refractivity contribution is -0.158. The van der Waals surface area contributed by atoms with Crippen LogP contribution in [0.4, 0.5) is 0 Å². The molecule has 2 atom stereocenters. The first kappa shape index (κ1) is 12.1. The van der Waals surface area contributed by atoms with Gasteiger partial charge in [-0.3, -0.25) is 9.59 Å². The third kappa shape index (κ3) is 4.03. The van der Waals surface area contributed by atoms with E-state index in [1.165, 1.54) is 13.8 Å². The topological polar surface area (TPSA) is 69.4 Å². The number of ketones is 1. The minimum atomic E-state index is -0.680. The lowest BCUT2D eigenvalue weighted by Gasteiger charge is -2.19. The second-order valence-electron chi connectivity index (χ2n) is 3.50. The molecule has 0 aliphatic rings. The van der Waals surface area contributed by atoms with Gasteiger partial charge in [0.15, 0.2) is 11.9 Å². The summed E-state index contributed by atoms with van der Waals surface area (Å²) < 4.78 is 4.92. The van der Waals surface area contributed by atoms with Crippen LogP contribution in [0.2, 0.25) is 0 Å². The summed E-state index contributed by atoms with van der Waals surface area (Å²) in [6.45, 7) is 6.57. The van der Waals surface area contributed by atoms with Crippen LogP contribution in [0.15, 0.2) is 0 Å². The maximum Gasteiger partial charge on any atom is 0.323 e. The van der Waals surface area contributed by atoms with Crippen molar-refractivity contribution in [3.05, 3.63) is 0 Å². The molecule has 0 aromatic carbocycles. The Balaban J connectivity index is 4.27. The Morgan fingerprint density at radius 3 is 1.92 bits per heavy atom. The highest BCUT2D eigenvalue weighted by Gasteiger charge is 2.24. The van der Waals surface area contributed by atoms with Gasteiger partial charge in [0.05, 0.1) is 0 Å². The van der Waals surface area contributed by atoms with Crippen LogP contribution in [0.5, 0.6) is 0 Å². The number of hydrogen-bond acceptors (Lipinski definition) is 4. The van der Waals surface area contributed by atoms with Gasteiger partial charge < -0.3 is 10.5 Å². The highest BCUT2D eigenvalue weighted by molar-refractivity contribution is 5.84. The number of rotatable bonds is 4. The molecule has 0 spiro atoms. The second-order valence-corrected chi connectivity index (χ2v) is 3.50. The van der Waals surface area contributed by atoms with Crippen molar-refractivity contribution in [2.75, 3.05) is 0 Å². The second kappa shape index (κ2) is 4.97. The average Bonchev–Trinajstić information content (AvgIpc) is 1.97. The summed E-state index contributed by atoms with van der Waals surface area (Å²) in [6, 6.07) is -0.680. The van der Waals surface area contributed by atoms with Crippen LogP contribution in [-0.4, -0.2) is 23.9 Å². The zero-order valence-corrected chi connectivity index (χ0v) is 8.53. The largest absolute Gasteiger partial charge is 0.453 e. The molecule has 0 saturated carbocycles. The van der Waals surface area contributed by atoms with Gasteiger partial charge in [-0.05, 0) is 19.8 Å². The fourth-order valence-electron chi connectivity index (χ4n) is 0.921. The minimum Gasteiger partial charge on any atom is -0.453 e. The van der Waals surface area contributed by atoms with E-state index in [1.54, 1.807) is 0 Å². The average molecular weight is 187 g/mol. The molecule has 0 unspecified atom stereocenters. The molecule has 0 aromatic heterocycles. The van der Waals surface area contributed by atoms with Gasteiger partial charge in [0.25, 0.3) is 0 Å². The third-order valence-corrected chi connectivity index (χ3v) is 1.62. The number of esters is 1. The zero-order chi connectivity index (χ0) is 10.6. The van der Waals surface area contributed by atoms with Gasteiger partial charge >= 0.3 is 5.97 Å².